The summed E-state index contributed by atoms with van der Waals surface area (Å²) in [5, 5.41) is 0. The standard InChI is InChI=1S/C27H21NO6S/c1-18-6-4-7-19(14-18)16-28-23-15-20(27(30)34-17-21-8-5-13-33-21)11-12-25(23)35(31,32)24-10-3-2-9-22(24)26(28)29/h2-15H,16-17H2,1H3. The fourth-order valence-electron chi connectivity index (χ4n) is 4.10. The molecule has 0 saturated heterocycles. The molecular weight excluding hydrogens is 466 g/mol. The summed E-state index contributed by atoms with van der Waals surface area (Å²) in [6.07, 6.45) is 1.48. The highest BCUT2D eigenvalue weighted by Crippen LogP contribution is 2.38. The Balaban J connectivity index is 1.61. The van der Waals surface area contributed by atoms with E-state index in [1.807, 2.05) is 31.2 Å². The molecule has 176 valence electrons. The highest BCUT2D eigenvalue weighted by molar-refractivity contribution is 7.91. The number of aryl methyl sites for hydroxylation is 1. The fraction of sp³-hybridized carbons (Fsp3) is 0.111. The molecule has 0 spiro atoms. The first kappa shape index (κ1) is 22.6. The maximum atomic E-state index is 13.7. The maximum absolute atomic E-state index is 13.7. The van der Waals surface area contributed by atoms with Crippen LogP contribution in [0.15, 0.2) is 99.3 Å². The van der Waals surface area contributed by atoms with Gasteiger partial charge < -0.3 is 14.1 Å². The lowest BCUT2D eigenvalue weighted by Crippen LogP contribution is -2.30. The zero-order valence-electron chi connectivity index (χ0n) is 18.8. The molecule has 7 nitrogen and oxygen atoms in total. The second-order valence-corrected chi connectivity index (χ2v) is 10.1. The summed E-state index contributed by atoms with van der Waals surface area (Å²) in [6, 6.07) is 21.3. The zero-order chi connectivity index (χ0) is 24.6. The molecule has 0 fully saturated rings. The van der Waals surface area contributed by atoms with E-state index in [0.717, 1.165) is 11.1 Å². The second kappa shape index (κ2) is 8.88. The number of furan rings is 1. The summed E-state index contributed by atoms with van der Waals surface area (Å²) in [7, 11) is -4.02. The Hall–Kier alpha value is -4.17. The smallest absolute Gasteiger partial charge is 0.338 e. The molecule has 0 N–H and O–H groups in total. The summed E-state index contributed by atoms with van der Waals surface area (Å²) in [5.41, 5.74) is 2.16. The number of rotatable bonds is 5. The van der Waals surface area contributed by atoms with Gasteiger partial charge in [0.2, 0.25) is 9.84 Å². The number of benzene rings is 3. The molecule has 1 aliphatic rings. The van der Waals surface area contributed by atoms with Crippen LogP contribution < -0.4 is 4.90 Å². The second-order valence-electron chi connectivity index (χ2n) is 8.22. The number of hydrogen-bond acceptors (Lipinski definition) is 6. The molecule has 0 radical (unpaired) electrons. The van der Waals surface area contributed by atoms with E-state index in [1.54, 1.807) is 24.3 Å². The molecule has 0 unspecified atom stereocenters. The van der Waals surface area contributed by atoms with Gasteiger partial charge in [-0.1, -0.05) is 42.0 Å². The Kier molecular flexibility index (Phi) is 5.74. The van der Waals surface area contributed by atoms with Gasteiger partial charge in [0, 0.05) is 0 Å². The average Bonchev–Trinajstić information content (AvgIpc) is 3.37. The van der Waals surface area contributed by atoms with Gasteiger partial charge in [-0.15, -0.1) is 0 Å². The molecular formula is C27H21NO6S. The van der Waals surface area contributed by atoms with Gasteiger partial charge in [-0.25, -0.2) is 13.2 Å². The van der Waals surface area contributed by atoms with E-state index in [2.05, 4.69) is 0 Å². The van der Waals surface area contributed by atoms with Gasteiger partial charge in [0.15, 0.2) is 0 Å². The summed E-state index contributed by atoms with van der Waals surface area (Å²) < 4.78 is 37.6. The van der Waals surface area contributed by atoms with Crippen molar-refractivity contribution in [3.05, 3.63) is 113 Å². The van der Waals surface area contributed by atoms with Gasteiger partial charge in [0.05, 0.1) is 39.4 Å². The summed E-state index contributed by atoms with van der Waals surface area (Å²) in [4.78, 5) is 27.7. The molecule has 1 aromatic heterocycles. The predicted molar refractivity (Wildman–Crippen MR) is 128 cm³/mol. The number of nitrogens with zero attached hydrogens (tertiary/aromatic N) is 1. The lowest BCUT2D eigenvalue weighted by atomic mass is 10.1. The molecule has 3 aromatic carbocycles. The van der Waals surface area contributed by atoms with Crippen LogP contribution in [0.3, 0.4) is 0 Å². The van der Waals surface area contributed by atoms with Gasteiger partial charge in [-0.2, -0.15) is 0 Å². The van der Waals surface area contributed by atoms with Crippen LogP contribution in [0.25, 0.3) is 0 Å². The van der Waals surface area contributed by atoms with Gasteiger partial charge in [0.1, 0.15) is 12.4 Å². The highest BCUT2D eigenvalue weighted by Gasteiger charge is 2.36. The highest BCUT2D eigenvalue weighted by atomic mass is 32.2. The van der Waals surface area contributed by atoms with Crippen LogP contribution in [0.5, 0.6) is 0 Å². The normalized spacial score (nSPS) is 14.1. The lowest BCUT2D eigenvalue weighted by molar-refractivity contribution is 0.0445. The number of amides is 1. The van der Waals surface area contributed by atoms with Crippen LogP contribution in [0, 0.1) is 6.92 Å². The number of hydrogen-bond donors (Lipinski definition) is 0. The Morgan fingerprint density at radius 3 is 2.54 bits per heavy atom. The van der Waals surface area contributed by atoms with Crippen molar-refractivity contribution in [2.75, 3.05) is 4.90 Å². The Bertz CT molecular complexity index is 1540. The molecule has 1 amide bonds. The first-order valence-electron chi connectivity index (χ1n) is 10.9. The van der Waals surface area contributed by atoms with Crippen LogP contribution in [0.4, 0.5) is 5.69 Å². The molecule has 8 heteroatoms. The topological polar surface area (TPSA) is 93.9 Å². The van der Waals surface area contributed by atoms with Crippen molar-refractivity contribution in [1.29, 1.82) is 0 Å². The number of anilines is 1. The van der Waals surface area contributed by atoms with Crippen LogP contribution in [0.2, 0.25) is 0 Å². The molecule has 0 saturated carbocycles. The van der Waals surface area contributed by atoms with E-state index in [9.17, 15) is 18.0 Å². The Labute approximate surface area is 202 Å². The van der Waals surface area contributed by atoms with Crippen molar-refractivity contribution >= 4 is 27.4 Å². The predicted octanol–water partition coefficient (Wildman–Crippen LogP) is 4.94. The van der Waals surface area contributed by atoms with Crippen molar-refractivity contribution in [1.82, 2.24) is 0 Å². The minimum absolute atomic E-state index is 0.0500. The van der Waals surface area contributed by atoms with E-state index in [0.29, 0.717) is 5.76 Å². The van der Waals surface area contributed by atoms with Crippen LogP contribution >= 0.6 is 0 Å². The van der Waals surface area contributed by atoms with Crippen LogP contribution in [-0.2, 0) is 27.7 Å². The maximum Gasteiger partial charge on any atom is 0.338 e. The minimum Gasteiger partial charge on any atom is -0.466 e. The Morgan fingerprint density at radius 2 is 1.77 bits per heavy atom. The average molecular weight is 488 g/mol. The van der Waals surface area contributed by atoms with Crippen molar-refractivity contribution in [3.8, 4) is 0 Å². The number of ether oxygens (including phenoxy) is 1. The van der Waals surface area contributed by atoms with Gasteiger partial charge in [-0.3, -0.25) is 4.79 Å². The third kappa shape index (κ3) is 4.24. The molecule has 0 bridgehead atoms. The van der Waals surface area contributed by atoms with Crippen molar-refractivity contribution in [2.24, 2.45) is 0 Å². The fourth-order valence-corrected chi connectivity index (χ4v) is 5.73. The number of esters is 1. The quantitative estimate of drug-likeness (QED) is 0.370. The third-order valence-corrected chi connectivity index (χ3v) is 7.64. The number of carbonyl (C=O) groups is 2. The molecule has 5 rings (SSSR count). The number of sulfone groups is 1. The van der Waals surface area contributed by atoms with E-state index in [4.69, 9.17) is 9.15 Å². The first-order chi connectivity index (χ1) is 16.8. The number of carbonyl (C=O) groups excluding carboxylic acids is 2. The van der Waals surface area contributed by atoms with Crippen molar-refractivity contribution in [2.45, 2.75) is 29.9 Å². The monoisotopic (exact) mass is 487 g/mol. The lowest BCUT2D eigenvalue weighted by Gasteiger charge is -2.23. The summed E-state index contributed by atoms with van der Waals surface area (Å²) in [5.74, 6) is -0.653. The van der Waals surface area contributed by atoms with Crippen LogP contribution in [0.1, 0.15) is 37.6 Å². The molecule has 0 aliphatic carbocycles. The SMILES string of the molecule is Cc1cccc(CN2C(=O)c3ccccc3S(=O)(=O)c3ccc(C(=O)OCc4ccco4)cc32)c1. The molecule has 0 atom stereocenters. The molecule has 35 heavy (non-hydrogen) atoms. The molecule has 4 aromatic rings. The molecule has 2 heterocycles. The zero-order valence-corrected chi connectivity index (χ0v) is 19.6. The van der Waals surface area contributed by atoms with E-state index in [1.165, 1.54) is 41.5 Å². The van der Waals surface area contributed by atoms with Gasteiger partial charge in [-0.05, 0) is 55.0 Å². The van der Waals surface area contributed by atoms with Crippen molar-refractivity contribution in [3.63, 3.8) is 0 Å². The number of fused-ring (bicyclic) bond motifs is 2. The van der Waals surface area contributed by atoms with Gasteiger partial charge in [0.25, 0.3) is 5.91 Å². The van der Waals surface area contributed by atoms with Crippen LogP contribution in [-0.4, -0.2) is 20.3 Å². The summed E-state index contributed by atoms with van der Waals surface area (Å²) >= 11 is 0. The van der Waals surface area contributed by atoms with Gasteiger partial charge >= 0.3 is 5.97 Å². The summed E-state index contributed by atoms with van der Waals surface area (Å²) in [6.45, 7) is 2.00. The van der Waals surface area contributed by atoms with Crippen molar-refractivity contribution < 1.29 is 27.2 Å². The van der Waals surface area contributed by atoms with E-state index >= 15 is 0 Å². The largest absolute Gasteiger partial charge is 0.466 e. The Morgan fingerprint density at radius 1 is 0.943 bits per heavy atom. The first-order valence-corrected chi connectivity index (χ1v) is 12.4. The minimum atomic E-state index is -4.02. The van der Waals surface area contributed by atoms with E-state index < -0.39 is 21.7 Å². The third-order valence-electron chi connectivity index (χ3n) is 5.78. The molecule has 1 aliphatic heterocycles. The van der Waals surface area contributed by atoms with E-state index in [-0.39, 0.29) is 39.8 Å².